The zero-order chi connectivity index (χ0) is 36.6. The lowest BCUT2D eigenvalue weighted by Gasteiger charge is -2.16. The molecule has 3 heterocycles. The second kappa shape index (κ2) is 11.8. The Morgan fingerprint density at radius 2 is 0.873 bits per heavy atom. The summed E-state index contributed by atoms with van der Waals surface area (Å²) in [4.78, 5) is 0. The van der Waals surface area contributed by atoms with Crippen molar-refractivity contribution in [2.24, 2.45) is 0 Å². The number of para-hydroxylation sites is 4. The molecule has 5 heteroatoms. The van der Waals surface area contributed by atoms with E-state index >= 15 is 0 Å². The molecule has 0 saturated carbocycles. The molecule has 0 aliphatic carbocycles. The molecule has 0 radical (unpaired) electrons. The van der Waals surface area contributed by atoms with Crippen molar-refractivity contribution in [2.45, 2.75) is 0 Å². The van der Waals surface area contributed by atoms with Gasteiger partial charge in [-0.15, -0.1) is 0 Å². The first-order chi connectivity index (χ1) is 27.2. The molecule has 8 aromatic carbocycles. The molecule has 0 atom stereocenters. The van der Waals surface area contributed by atoms with Gasteiger partial charge >= 0.3 is 0 Å². The summed E-state index contributed by atoms with van der Waals surface area (Å²) in [6, 6.07) is 65.9. The van der Waals surface area contributed by atoms with Gasteiger partial charge in [0.25, 0.3) is 0 Å². The number of fused-ring (bicyclic) bond motifs is 9. The van der Waals surface area contributed by atoms with Crippen LogP contribution in [0.5, 0.6) is 0 Å². The van der Waals surface area contributed by atoms with Crippen LogP contribution in [0.2, 0.25) is 0 Å². The smallest absolute Gasteiger partial charge is 0.0998 e. The van der Waals surface area contributed by atoms with Crippen molar-refractivity contribution < 1.29 is 0 Å². The minimum Gasteiger partial charge on any atom is -0.309 e. The fraction of sp³-hybridized carbons (Fsp3) is 0. The predicted molar refractivity (Wildman–Crippen MR) is 224 cm³/mol. The van der Waals surface area contributed by atoms with Crippen LogP contribution >= 0.6 is 0 Å². The molecular formula is C50H29N5. The molecule has 0 aliphatic rings. The van der Waals surface area contributed by atoms with Crippen LogP contribution in [0.25, 0.3) is 93.6 Å². The normalized spacial score (nSPS) is 11.6. The van der Waals surface area contributed by atoms with E-state index in [0.717, 1.165) is 66.4 Å². The maximum atomic E-state index is 10.1. The lowest BCUT2D eigenvalue weighted by Crippen LogP contribution is -1.99. The third-order valence-corrected chi connectivity index (χ3v) is 11.1. The molecule has 0 fully saturated rings. The summed E-state index contributed by atoms with van der Waals surface area (Å²) < 4.78 is 6.98. The molecule has 0 N–H and O–H groups in total. The SMILES string of the molecule is N#Cc1ccc(-n2c3ccccc3c3c(-n4c5ccccc5c5ccccc54)cccc32)c(-c2ccc(-n3c4ccccc4c4c(C#N)cccc43)cc2)c1. The third-order valence-electron chi connectivity index (χ3n) is 11.1. The average Bonchev–Trinajstić information content (AvgIpc) is 3.89. The van der Waals surface area contributed by atoms with Crippen LogP contribution in [0, 0.1) is 22.7 Å². The van der Waals surface area contributed by atoms with Crippen LogP contribution in [-0.4, -0.2) is 13.7 Å². The molecule has 254 valence electrons. The number of aromatic nitrogens is 3. The van der Waals surface area contributed by atoms with Crippen molar-refractivity contribution in [2.75, 3.05) is 0 Å². The highest BCUT2D eigenvalue weighted by atomic mass is 15.0. The molecule has 0 amide bonds. The molecule has 0 bridgehead atoms. The zero-order valence-electron chi connectivity index (χ0n) is 29.5. The topological polar surface area (TPSA) is 62.4 Å². The Labute approximate surface area is 316 Å². The van der Waals surface area contributed by atoms with Crippen LogP contribution in [0.15, 0.2) is 176 Å². The van der Waals surface area contributed by atoms with Crippen LogP contribution < -0.4 is 0 Å². The minimum atomic E-state index is 0.598. The van der Waals surface area contributed by atoms with Gasteiger partial charge in [-0.05, 0) is 84.4 Å². The number of nitrogens with zero attached hydrogens (tertiary/aromatic N) is 5. The van der Waals surface area contributed by atoms with E-state index in [0.29, 0.717) is 11.1 Å². The van der Waals surface area contributed by atoms with Gasteiger partial charge in [0, 0.05) is 43.6 Å². The van der Waals surface area contributed by atoms with E-state index in [1.165, 1.54) is 27.2 Å². The Bertz CT molecular complexity index is 3400. The number of hydrogen-bond acceptors (Lipinski definition) is 2. The summed E-state index contributed by atoms with van der Waals surface area (Å²) in [5.41, 5.74) is 12.9. The summed E-state index contributed by atoms with van der Waals surface area (Å²) in [5, 5.41) is 26.9. The van der Waals surface area contributed by atoms with E-state index < -0.39 is 0 Å². The maximum Gasteiger partial charge on any atom is 0.0998 e. The Balaban J connectivity index is 1.14. The van der Waals surface area contributed by atoms with Gasteiger partial charge in [-0.3, -0.25) is 0 Å². The van der Waals surface area contributed by atoms with Gasteiger partial charge in [0.1, 0.15) is 0 Å². The van der Waals surface area contributed by atoms with Crippen molar-refractivity contribution >= 4 is 65.4 Å². The van der Waals surface area contributed by atoms with Crippen molar-refractivity contribution in [3.63, 3.8) is 0 Å². The molecule has 11 aromatic rings. The van der Waals surface area contributed by atoms with Crippen molar-refractivity contribution in [3.8, 4) is 40.3 Å². The van der Waals surface area contributed by atoms with Crippen LogP contribution in [0.3, 0.4) is 0 Å². The highest BCUT2D eigenvalue weighted by Crippen LogP contribution is 2.42. The fourth-order valence-corrected chi connectivity index (χ4v) is 8.84. The lowest BCUT2D eigenvalue weighted by atomic mass is 10.00. The Hall–Kier alpha value is -7.86. The van der Waals surface area contributed by atoms with Gasteiger partial charge in [0.05, 0.1) is 67.7 Å². The number of rotatable bonds is 4. The van der Waals surface area contributed by atoms with Crippen molar-refractivity contribution in [3.05, 3.63) is 187 Å². The van der Waals surface area contributed by atoms with E-state index in [2.05, 4.69) is 165 Å². The molecule has 0 aliphatic heterocycles. The van der Waals surface area contributed by atoms with Crippen LogP contribution in [0.4, 0.5) is 0 Å². The van der Waals surface area contributed by atoms with E-state index in [1.807, 2.05) is 36.4 Å². The monoisotopic (exact) mass is 699 g/mol. The first kappa shape index (κ1) is 30.7. The maximum absolute atomic E-state index is 10.1. The minimum absolute atomic E-state index is 0.598. The molecule has 5 nitrogen and oxygen atoms in total. The van der Waals surface area contributed by atoms with Gasteiger partial charge < -0.3 is 13.7 Å². The van der Waals surface area contributed by atoms with Gasteiger partial charge in [-0.25, -0.2) is 0 Å². The van der Waals surface area contributed by atoms with Gasteiger partial charge in [-0.1, -0.05) is 97.1 Å². The zero-order valence-corrected chi connectivity index (χ0v) is 29.5. The van der Waals surface area contributed by atoms with Gasteiger partial charge in [-0.2, -0.15) is 10.5 Å². The largest absolute Gasteiger partial charge is 0.309 e. The fourth-order valence-electron chi connectivity index (χ4n) is 8.84. The first-order valence-corrected chi connectivity index (χ1v) is 18.3. The third kappa shape index (κ3) is 4.39. The summed E-state index contributed by atoms with van der Waals surface area (Å²) in [6.45, 7) is 0. The Morgan fingerprint density at radius 3 is 1.51 bits per heavy atom. The Morgan fingerprint density at radius 1 is 0.364 bits per heavy atom. The molecule has 0 saturated heterocycles. The van der Waals surface area contributed by atoms with Gasteiger partial charge in [0.2, 0.25) is 0 Å². The highest BCUT2D eigenvalue weighted by molar-refractivity contribution is 6.17. The van der Waals surface area contributed by atoms with E-state index in [-0.39, 0.29) is 0 Å². The van der Waals surface area contributed by atoms with Crippen LogP contribution in [-0.2, 0) is 0 Å². The molecule has 3 aromatic heterocycles. The summed E-state index contributed by atoms with van der Waals surface area (Å²) >= 11 is 0. The predicted octanol–water partition coefficient (Wildman–Crippen LogP) is 12.4. The van der Waals surface area contributed by atoms with Crippen molar-refractivity contribution in [1.82, 2.24) is 13.7 Å². The number of benzene rings is 8. The number of nitriles is 2. The van der Waals surface area contributed by atoms with Crippen molar-refractivity contribution in [1.29, 1.82) is 10.5 Å². The second-order valence-electron chi connectivity index (χ2n) is 13.9. The van der Waals surface area contributed by atoms with Crippen LogP contribution in [0.1, 0.15) is 11.1 Å². The van der Waals surface area contributed by atoms with E-state index in [9.17, 15) is 10.5 Å². The average molecular weight is 700 g/mol. The quantitative estimate of drug-likeness (QED) is 0.184. The standard InChI is InChI=1S/C50H29N5/c51-30-32-23-28-45(40(29-32)33-24-26-35(27-25-33)53-43-18-7-3-14-38(43)49-34(31-52)11-9-20-46(49)53)55-44-19-8-4-15-39(44)50-47(21-10-22-48(50)55)54-41-16-5-1-12-36(41)37-13-2-6-17-42(37)54/h1-29H. The van der Waals surface area contributed by atoms with E-state index in [4.69, 9.17) is 0 Å². The summed E-state index contributed by atoms with van der Waals surface area (Å²) in [5.74, 6) is 0. The molecule has 11 rings (SSSR count). The molecular weight excluding hydrogens is 671 g/mol. The molecule has 0 spiro atoms. The van der Waals surface area contributed by atoms with E-state index in [1.54, 1.807) is 0 Å². The second-order valence-corrected chi connectivity index (χ2v) is 13.9. The summed E-state index contributed by atoms with van der Waals surface area (Å²) in [7, 11) is 0. The molecule has 55 heavy (non-hydrogen) atoms. The summed E-state index contributed by atoms with van der Waals surface area (Å²) in [6.07, 6.45) is 0. The highest BCUT2D eigenvalue weighted by Gasteiger charge is 2.21. The first-order valence-electron chi connectivity index (χ1n) is 18.3. The van der Waals surface area contributed by atoms with Gasteiger partial charge in [0.15, 0.2) is 0 Å². The Kier molecular flexibility index (Phi) is 6.61. The lowest BCUT2D eigenvalue weighted by molar-refractivity contribution is 1.16. The molecule has 0 unspecified atom stereocenters. The number of hydrogen-bond donors (Lipinski definition) is 0.